The zero-order chi connectivity index (χ0) is 25.5. The molecule has 0 heterocycles. The molecule has 4 rings (SSSR count). The molecule has 4 saturated carbocycles. The maximum atomic E-state index is 13.3. The number of aliphatic hydroxyl groups is 6. The first-order valence-electron chi connectivity index (χ1n) is 13.2. The highest BCUT2D eigenvalue weighted by atomic mass is 16.3. The normalized spacial score (nSPS) is 49.6. The van der Waals surface area contributed by atoms with E-state index in [0.717, 1.165) is 6.42 Å². The Labute approximate surface area is 203 Å². The van der Waals surface area contributed by atoms with Crippen LogP contribution in [0.3, 0.4) is 0 Å². The van der Waals surface area contributed by atoms with Crippen LogP contribution in [0.5, 0.6) is 0 Å². The highest BCUT2D eigenvalue weighted by molar-refractivity contribution is 5.83. The fraction of sp³-hybridized carbons (Fsp3) is 0.963. The van der Waals surface area contributed by atoms with Gasteiger partial charge >= 0.3 is 0 Å². The van der Waals surface area contributed by atoms with Gasteiger partial charge in [0, 0.05) is 17.8 Å². The van der Waals surface area contributed by atoms with E-state index in [4.69, 9.17) is 0 Å². The largest absolute Gasteiger partial charge is 0.390 e. The predicted octanol–water partition coefficient (Wildman–Crippen LogP) is 1.93. The molecule has 0 spiro atoms. The second kappa shape index (κ2) is 8.22. The third-order valence-electron chi connectivity index (χ3n) is 11.1. The van der Waals surface area contributed by atoms with Gasteiger partial charge in [-0.3, -0.25) is 4.79 Å². The number of carbonyl (C=O) groups excluding carboxylic acids is 1. The Morgan fingerprint density at radius 1 is 1.03 bits per heavy atom. The highest BCUT2D eigenvalue weighted by Gasteiger charge is 2.71. The summed E-state index contributed by atoms with van der Waals surface area (Å²) in [6, 6.07) is 0. The van der Waals surface area contributed by atoms with Crippen LogP contribution in [0.15, 0.2) is 0 Å². The molecule has 0 amide bonds. The second-order valence-electron chi connectivity index (χ2n) is 13.6. The van der Waals surface area contributed by atoms with E-state index in [1.54, 1.807) is 20.8 Å². The van der Waals surface area contributed by atoms with Gasteiger partial charge in [-0.05, 0) is 95.3 Å². The number of fused-ring (bicyclic) bond motifs is 5. The number of aliphatic hydroxyl groups excluding tert-OH is 3. The summed E-state index contributed by atoms with van der Waals surface area (Å²) in [5.41, 5.74) is -4.66. The lowest BCUT2D eigenvalue weighted by Gasteiger charge is -2.64. The number of ketones is 1. The summed E-state index contributed by atoms with van der Waals surface area (Å²) in [5.74, 6) is -0.796. The van der Waals surface area contributed by atoms with Gasteiger partial charge in [0.15, 0.2) is 0 Å². The zero-order valence-electron chi connectivity index (χ0n) is 21.5. The average molecular weight is 483 g/mol. The van der Waals surface area contributed by atoms with Gasteiger partial charge in [0.2, 0.25) is 0 Å². The lowest BCUT2D eigenvalue weighted by atomic mass is 9.42. The van der Waals surface area contributed by atoms with Crippen LogP contribution in [0.4, 0.5) is 0 Å². The van der Waals surface area contributed by atoms with Crippen molar-refractivity contribution < 1.29 is 35.4 Å². The number of Topliss-reactive ketones (excluding diaryl/α,β-unsaturated/α-hetero) is 1. The molecular formula is C27H46O7. The first-order valence-corrected chi connectivity index (χ1v) is 13.2. The molecule has 34 heavy (non-hydrogen) atoms. The standard InChI is InChI=1S/C27H46O7/c1-23(2,32)9-8-22(31)26(5,33)21-7-11-27(34)16-12-18(28)17-13-19(29)20(30)14-24(17,3)15(16)6-10-25(21,27)4/h15-17,19-22,29-34H,6-14H2,1-5H3. The van der Waals surface area contributed by atoms with Gasteiger partial charge in [-0.1, -0.05) is 13.8 Å². The van der Waals surface area contributed by atoms with E-state index in [-0.39, 0.29) is 48.7 Å². The third-order valence-corrected chi connectivity index (χ3v) is 11.1. The molecule has 0 aromatic carbocycles. The van der Waals surface area contributed by atoms with Crippen molar-refractivity contribution in [2.24, 2.45) is 34.5 Å². The van der Waals surface area contributed by atoms with Crippen molar-refractivity contribution >= 4 is 5.78 Å². The lowest BCUT2D eigenvalue weighted by molar-refractivity contribution is -0.232. The Morgan fingerprint density at radius 2 is 1.68 bits per heavy atom. The van der Waals surface area contributed by atoms with Gasteiger partial charge in [0.1, 0.15) is 5.78 Å². The van der Waals surface area contributed by atoms with Gasteiger partial charge in [-0.15, -0.1) is 0 Å². The van der Waals surface area contributed by atoms with Crippen molar-refractivity contribution in [3.8, 4) is 0 Å². The molecule has 196 valence electrons. The molecule has 11 unspecified atom stereocenters. The van der Waals surface area contributed by atoms with E-state index in [1.807, 2.05) is 6.92 Å². The van der Waals surface area contributed by atoms with Gasteiger partial charge in [-0.25, -0.2) is 0 Å². The summed E-state index contributed by atoms with van der Waals surface area (Å²) in [6.45, 7) is 9.08. The van der Waals surface area contributed by atoms with Crippen LogP contribution < -0.4 is 0 Å². The molecule has 11 atom stereocenters. The SMILES string of the molecule is CC(C)(O)CCC(O)C(C)(O)C1CCC2(O)C3CC(=O)C4CC(O)C(O)CC4(C)C3CCC12C. The highest BCUT2D eigenvalue weighted by Crippen LogP contribution is 2.69. The van der Waals surface area contributed by atoms with E-state index in [2.05, 4.69) is 6.92 Å². The Bertz CT molecular complexity index is 805. The van der Waals surface area contributed by atoms with Crippen LogP contribution in [0.2, 0.25) is 0 Å². The van der Waals surface area contributed by atoms with Crippen molar-refractivity contribution in [2.75, 3.05) is 0 Å². The van der Waals surface area contributed by atoms with Crippen molar-refractivity contribution in [2.45, 2.75) is 128 Å². The summed E-state index contributed by atoms with van der Waals surface area (Å²) in [7, 11) is 0. The van der Waals surface area contributed by atoms with Crippen LogP contribution in [-0.4, -0.2) is 71.5 Å². The molecule has 6 N–H and O–H groups in total. The number of hydrogen-bond donors (Lipinski definition) is 6. The Morgan fingerprint density at radius 3 is 2.29 bits per heavy atom. The molecule has 0 saturated heterocycles. The Hall–Kier alpha value is -0.570. The predicted molar refractivity (Wildman–Crippen MR) is 127 cm³/mol. The fourth-order valence-corrected chi connectivity index (χ4v) is 8.98. The van der Waals surface area contributed by atoms with Gasteiger partial charge in [-0.2, -0.15) is 0 Å². The summed E-state index contributed by atoms with van der Waals surface area (Å²) < 4.78 is 0. The topological polar surface area (TPSA) is 138 Å². The fourth-order valence-electron chi connectivity index (χ4n) is 8.98. The molecule has 0 aromatic heterocycles. The monoisotopic (exact) mass is 482 g/mol. The molecule has 7 heteroatoms. The van der Waals surface area contributed by atoms with Crippen LogP contribution in [0.1, 0.15) is 92.4 Å². The van der Waals surface area contributed by atoms with Crippen LogP contribution in [0, 0.1) is 34.5 Å². The summed E-state index contributed by atoms with van der Waals surface area (Å²) >= 11 is 0. The minimum Gasteiger partial charge on any atom is -0.390 e. The van der Waals surface area contributed by atoms with E-state index in [0.29, 0.717) is 32.1 Å². The van der Waals surface area contributed by atoms with Gasteiger partial charge < -0.3 is 30.6 Å². The minimum atomic E-state index is -1.44. The first-order chi connectivity index (χ1) is 15.5. The van der Waals surface area contributed by atoms with Crippen molar-refractivity contribution in [3.63, 3.8) is 0 Å². The van der Waals surface area contributed by atoms with E-state index >= 15 is 0 Å². The zero-order valence-corrected chi connectivity index (χ0v) is 21.5. The Balaban J connectivity index is 1.62. The lowest BCUT2D eigenvalue weighted by Crippen LogP contribution is -2.66. The molecule has 0 bridgehead atoms. The molecule has 0 radical (unpaired) electrons. The maximum Gasteiger partial charge on any atom is 0.137 e. The summed E-state index contributed by atoms with van der Waals surface area (Å²) in [5, 5.41) is 65.6. The quantitative estimate of drug-likeness (QED) is 0.352. The first kappa shape index (κ1) is 26.5. The van der Waals surface area contributed by atoms with Crippen molar-refractivity contribution in [1.29, 1.82) is 0 Å². The van der Waals surface area contributed by atoms with Crippen LogP contribution >= 0.6 is 0 Å². The molecular weight excluding hydrogens is 436 g/mol. The Kier molecular flexibility index (Phi) is 6.40. The number of hydrogen-bond acceptors (Lipinski definition) is 7. The third kappa shape index (κ3) is 3.81. The molecule has 7 nitrogen and oxygen atoms in total. The smallest absolute Gasteiger partial charge is 0.137 e. The minimum absolute atomic E-state index is 0.0548. The maximum absolute atomic E-state index is 13.3. The van der Waals surface area contributed by atoms with E-state index in [1.165, 1.54) is 0 Å². The summed E-state index contributed by atoms with van der Waals surface area (Å²) in [4.78, 5) is 13.3. The molecule has 4 aliphatic carbocycles. The number of carbonyl (C=O) groups is 1. The average Bonchev–Trinajstić information content (AvgIpc) is 3.00. The van der Waals surface area contributed by atoms with Crippen LogP contribution in [0.25, 0.3) is 0 Å². The van der Waals surface area contributed by atoms with Crippen molar-refractivity contribution in [3.05, 3.63) is 0 Å². The number of rotatable bonds is 5. The molecule has 4 aliphatic rings. The molecule has 0 aromatic rings. The summed E-state index contributed by atoms with van der Waals surface area (Å²) in [6.07, 6.45) is 1.18. The van der Waals surface area contributed by atoms with Gasteiger partial charge in [0.05, 0.1) is 35.1 Å². The van der Waals surface area contributed by atoms with E-state index < -0.39 is 45.9 Å². The molecule has 0 aliphatic heterocycles. The van der Waals surface area contributed by atoms with Crippen molar-refractivity contribution in [1.82, 2.24) is 0 Å². The van der Waals surface area contributed by atoms with E-state index in [9.17, 15) is 35.4 Å². The van der Waals surface area contributed by atoms with Crippen LogP contribution in [-0.2, 0) is 4.79 Å². The van der Waals surface area contributed by atoms with Gasteiger partial charge in [0.25, 0.3) is 0 Å². The second-order valence-corrected chi connectivity index (χ2v) is 13.6. The molecule has 4 fully saturated rings.